The summed E-state index contributed by atoms with van der Waals surface area (Å²) in [4.78, 5) is 26.9. The van der Waals surface area contributed by atoms with E-state index in [1.807, 2.05) is 6.92 Å². The monoisotopic (exact) mass is 425 g/mol. The van der Waals surface area contributed by atoms with Crippen LogP contribution in [0.2, 0.25) is 0 Å². The fourth-order valence-corrected chi connectivity index (χ4v) is 4.06. The Hall–Kier alpha value is -1.99. The van der Waals surface area contributed by atoms with E-state index in [0.29, 0.717) is 49.9 Å². The Labute approximate surface area is 178 Å². The molecule has 0 bridgehead atoms. The highest BCUT2D eigenvalue weighted by atomic mass is 35.5. The topological polar surface area (TPSA) is 93.9 Å². The Morgan fingerprint density at radius 1 is 1.14 bits per heavy atom. The van der Waals surface area contributed by atoms with E-state index >= 15 is 0 Å². The van der Waals surface area contributed by atoms with Crippen LogP contribution in [0.4, 0.5) is 5.69 Å². The lowest BCUT2D eigenvalue weighted by Gasteiger charge is -2.37. The molecule has 1 aliphatic heterocycles. The standard InChI is InChI=1S/C21H31N3O4.ClH/c1-2-24(20(26)13-21(15-22)8-4-3-5-9-21)14-19(25)23-16-6-7-17-18(12-16)28-11-10-27-17;/h6-7,12H,2-5,8-11,13-15,22H2,1H3,(H,23,25);1H. The van der Waals surface area contributed by atoms with Crippen molar-refractivity contribution < 1.29 is 19.1 Å². The van der Waals surface area contributed by atoms with Crippen LogP contribution >= 0.6 is 12.4 Å². The first-order chi connectivity index (χ1) is 13.5. The van der Waals surface area contributed by atoms with Gasteiger partial charge in [0, 0.05) is 24.7 Å². The minimum absolute atomic E-state index is 0. The summed E-state index contributed by atoms with van der Waals surface area (Å²) in [5, 5.41) is 2.85. The molecule has 162 valence electrons. The van der Waals surface area contributed by atoms with Crippen molar-refractivity contribution in [3.8, 4) is 11.5 Å². The van der Waals surface area contributed by atoms with Gasteiger partial charge in [-0.2, -0.15) is 0 Å². The van der Waals surface area contributed by atoms with Gasteiger partial charge in [0.15, 0.2) is 11.5 Å². The Balaban J connectivity index is 0.00000300. The molecule has 3 rings (SSSR count). The predicted molar refractivity (Wildman–Crippen MR) is 115 cm³/mol. The molecular formula is C21H32ClN3O4. The molecule has 2 amide bonds. The van der Waals surface area contributed by atoms with Gasteiger partial charge in [-0.15, -0.1) is 12.4 Å². The van der Waals surface area contributed by atoms with Crippen molar-refractivity contribution in [3.63, 3.8) is 0 Å². The number of carbonyl (C=O) groups excluding carboxylic acids is 2. The molecule has 1 aliphatic carbocycles. The van der Waals surface area contributed by atoms with Gasteiger partial charge in [0.2, 0.25) is 11.8 Å². The van der Waals surface area contributed by atoms with Crippen LogP contribution in [0.25, 0.3) is 0 Å². The van der Waals surface area contributed by atoms with Crippen molar-refractivity contribution in [1.82, 2.24) is 4.90 Å². The van der Waals surface area contributed by atoms with Gasteiger partial charge in [0.25, 0.3) is 0 Å². The molecule has 2 aliphatic rings. The second-order valence-corrected chi connectivity index (χ2v) is 7.76. The highest BCUT2D eigenvalue weighted by molar-refractivity contribution is 5.94. The first-order valence-electron chi connectivity index (χ1n) is 10.2. The van der Waals surface area contributed by atoms with Gasteiger partial charge in [-0.1, -0.05) is 19.3 Å². The van der Waals surface area contributed by atoms with Gasteiger partial charge >= 0.3 is 0 Å². The largest absolute Gasteiger partial charge is 0.486 e. The van der Waals surface area contributed by atoms with Gasteiger partial charge < -0.3 is 25.4 Å². The van der Waals surface area contributed by atoms with Crippen molar-refractivity contribution in [2.24, 2.45) is 11.1 Å². The number of carbonyl (C=O) groups is 2. The third-order valence-electron chi connectivity index (χ3n) is 5.77. The Morgan fingerprint density at radius 2 is 1.83 bits per heavy atom. The molecule has 0 unspecified atom stereocenters. The number of rotatable bonds is 7. The van der Waals surface area contributed by atoms with E-state index in [9.17, 15) is 9.59 Å². The molecule has 1 heterocycles. The molecule has 0 saturated heterocycles. The Bertz CT molecular complexity index is 707. The van der Waals surface area contributed by atoms with Crippen LogP contribution < -0.4 is 20.5 Å². The van der Waals surface area contributed by atoms with E-state index in [4.69, 9.17) is 15.2 Å². The quantitative estimate of drug-likeness (QED) is 0.700. The van der Waals surface area contributed by atoms with Crippen LogP contribution in [0.1, 0.15) is 45.4 Å². The minimum Gasteiger partial charge on any atom is -0.486 e. The summed E-state index contributed by atoms with van der Waals surface area (Å²) in [5.74, 6) is 1.08. The number of nitrogens with two attached hydrogens (primary N) is 1. The normalized spacial score (nSPS) is 17.0. The summed E-state index contributed by atoms with van der Waals surface area (Å²) >= 11 is 0. The number of fused-ring (bicyclic) bond motifs is 1. The maximum Gasteiger partial charge on any atom is 0.243 e. The summed E-state index contributed by atoms with van der Waals surface area (Å²) in [6.07, 6.45) is 5.88. The number of hydrogen-bond donors (Lipinski definition) is 2. The smallest absolute Gasteiger partial charge is 0.243 e. The number of ether oxygens (including phenoxy) is 2. The van der Waals surface area contributed by atoms with E-state index in [2.05, 4.69) is 5.32 Å². The van der Waals surface area contributed by atoms with Crippen LogP contribution in [0.15, 0.2) is 18.2 Å². The molecule has 0 radical (unpaired) electrons. The number of likely N-dealkylation sites (N-methyl/N-ethyl adjacent to an activating group) is 1. The zero-order chi connectivity index (χ0) is 20.0. The van der Waals surface area contributed by atoms with Crippen molar-refractivity contribution in [2.45, 2.75) is 45.4 Å². The molecule has 7 nitrogen and oxygen atoms in total. The molecular weight excluding hydrogens is 394 g/mol. The fraction of sp³-hybridized carbons (Fsp3) is 0.619. The van der Waals surface area contributed by atoms with Crippen LogP contribution in [0, 0.1) is 5.41 Å². The molecule has 3 N–H and O–H groups in total. The zero-order valence-electron chi connectivity index (χ0n) is 17.1. The third-order valence-corrected chi connectivity index (χ3v) is 5.77. The predicted octanol–water partition coefficient (Wildman–Crippen LogP) is 2.97. The average Bonchev–Trinajstić information content (AvgIpc) is 2.72. The zero-order valence-corrected chi connectivity index (χ0v) is 17.9. The number of halogens is 1. The molecule has 1 fully saturated rings. The summed E-state index contributed by atoms with van der Waals surface area (Å²) in [5.41, 5.74) is 6.54. The third kappa shape index (κ3) is 6.00. The van der Waals surface area contributed by atoms with Gasteiger partial charge in [0.1, 0.15) is 13.2 Å². The molecule has 1 aromatic rings. The van der Waals surface area contributed by atoms with Crippen molar-refractivity contribution in [2.75, 3.05) is 38.2 Å². The Kier molecular flexibility index (Phi) is 8.59. The van der Waals surface area contributed by atoms with E-state index < -0.39 is 0 Å². The van der Waals surface area contributed by atoms with Gasteiger partial charge in [-0.25, -0.2) is 0 Å². The summed E-state index contributed by atoms with van der Waals surface area (Å²) < 4.78 is 11.0. The lowest BCUT2D eigenvalue weighted by atomic mass is 9.71. The summed E-state index contributed by atoms with van der Waals surface area (Å²) in [6.45, 7) is 3.96. The van der Waals surface area contributed by atoms with Crippen LogP contribution in [-0.2, 0) is 9.59 Å². The summed E-state index contributed by atoms with van der Waals surface area (Å²) in [7, 11) is 0. The van der Waals surface area contributed by atoms with E-state index in [1.54, 1.807) is 23.1 Å². The molecule has 0 atom stereocenters. The SMILES string of the molecule is CCN(CC(=O)Nc1ccc2c(c1)OCCO2)C(=O)CC1(CN)CCCCC1.Cl. The first kappa shape index (κ1) is 23.3. The molecule has 0 spiro atoms. The number of amides is 2. The van der Waals surface area contributed by atoms with Gasteiger partial charge in [-0.05, 0) is 43.9 Å². The number of hydrogen-bond acceptors (Lipinski definition) is 5. The molecule has 0 aromatic heterocycles. The van der Waals surface area contributed by atoms with E-state index in [-0.39, 0.29) is 36.2 Å². The molecule has 29 heavy (non-hydrogen) atoms. The minimum atomic E-state index is -0.225. The van der Waals surface area contributed by atoms with Crippen LogP contribution in [-0.4, -0.2) is 49.6 Å². The lowest BCUT2D eigenvalue weighted by Crippen LogP contribution is -2.43. The van der Waals surface area contributed by atoms with Crippen molar-refractivity contribution in [1.29, 1.82) is 0 Å². The molecule has 1 saturated carbocycles. The van der Waals surface area contributed by atoms with Crippen molar-refractivity contribution in [3.05, 3.63) is 18.2 Å². The maximum absolute atomic E-state index is 12.8. The second-order valence-electron chi connectivity index (χ2n) is 7.76. The number of nitrogens with one attached hydrogen (secondary N) is 1. The molecule has 8 heteroatoms. The highest BCUT2D eigenvalue weighted by Crippen LogP contribution is 2.38. The van der Waals surface area contributed by atoms with Crippen molar-refractivity contribution >= 4 is 29.9 Å². The fourth-order valence-electron chi connectivity index (χ4n) is 4.06. The van der Waals surface area contributed by atoms with Crippen LogP contribution in [0.5, 0.6) is 11.5 Å². The van der Waals surface area contributed by atoms with Gasteiger partial charge in [0.05, 0.1) is 6.54 Å². The van der Waals surface area contributed by atoms with Gasteiger partial charge in [-0.3, -0.25) is 9.59 Å². The van der Waals surface area contributed by atoms with Crippen LogP contribution in [0.3, 0.4) is 0 Å². The molecule has 1 aromatic carbocycles. The number of benzene rings is 1. The lowest BCUT2D eigenvalue weighted by molar-refractivity contribution is -0.137. The second kappa shape index (κ2) is 10.7. The highest BCUT2D eigenvalue weighted by Gasteiger charge is 2.34. The summed E-state index contributed by atoms with van der Waals surface area (Å²) in [6, 6.07) is 5.30. The van der Waals surface area contributed by atoms with E-state index in [0.717, 1.165) is 25.7 Å². The average molecular weight is 426 g/mol. The number of anilines is 1. The van der Waals surface area contributed by atoms with E-state index in [1.165, 1.54) is 6.42 Å². The first-order valence-corrected chi connectivity index (χ1v) is 10.2. The number of nitrogens with zero attached hydrogens (tertiary/aromatic N) is 1. The Morgan fingerprint density at radius 3 is 2.48 bits per heavy atom. The maximum atomic E-state index is 12.8.